The number of carbonyl (C=O) groups is 2. The van der Waals surface area contributed by atoms with Crippen LogP contribution < -0.4 is 0 Å². The van der Waals surface area contributed by atoms with Gasteiger partial charge in [0.2, 0.25) is 0 Å². The van der Waals surface area contributed by atoms with Gasteiger partial charge in [-0.25, -0.2) is 9.59 Å². The molecule has 310 valence electrons. The topological polar surface area (TPSA) is 194 Å². The number of hydrogen-bond acceptors (Lipinski definition) is 13. The first kappa shape index (κ1) is 38.7. The van der Waals surface area contributed by atoms with E-state index in [9.17, 15) is 35.1 Å². The van der Waals surface area contributed by atoms with Gasteiger partial charge in [0.1, 0.15) is 53.4 Å². The molecule has 2 aromatic rings. The summed E-state index contributed by atoms with van der Waals surface area (Å²) in [7, 11) is 0. The Morgan fingerprint density at radius 1 is 0.879 bits per heavy atom. The fraction of sp³-hybridized carbons (Fsp3) is 0.600. The predicted octanol–water partition coefficient (Wildman–Crippen LogP) is 3.06. The fourth-order valence-electron chi connectivity index (χ4n) is 13.0. The molecule has 4 saturated heterocycles. The molecule has 10 aliphatic rings. The van der Waals surface area contributed by atoms with E-state index in [0.29, 0.717) is 24.0 Å². The second kappa shape index (κ2) is 13.0. The highest BCUT2D eigenvalue weighted by Gasteiger charge is 2.90. The van der Waals surface area contributed by atoms with E-state index in [0.717, 1.165) is 0 Å². The Hall–Kier alpha value is -3.50. The number of benzene rings is 2. The standard InChI is InChI=1S/C45H52O13/c1-24-27-18-19-29(24)30(53-38(48)26-12-6-4-7-13-26)16-10-11-17-33(47)54-32-21-20-31-42(32,51)39(49)41(23-46)36(55-41)34-37-44(52,40(3,50)22-27)35-25(2)43(31,34)58-45(56-35,57-37)28-14-8-5-9-15-28/h4-17,24-25,27,29-32,34-37,39,46,49-52H,18-23H2,1-3H3/b16-10-,17-11+/t24-,25+,27+,29-,30+,31+,32-,34-,35-,36-,37+,39+,40+,41-,42+,43-,44-,45?/m0/s1. The highest BCUT2D eigenvalue weighted by molar-refractivity contribution is 5.89. The zero-order chi connectivity index (χ0) is 40.6. The van der Waals surface area contributed by atoms with Crippen LogP contribution in [-0.2, 0) is 39.2 Å². The van der Waals surface area contributed by atoms with Crippen molar-refractivity contribution in [3.05, 3.63) is 96.1 Å². The number of ether oxygens (including phenoxy) is 6. The first-order valence-corrected chi connectivity index (χ1v) is 20.7. The van der Waals surface area contributed by atoms with Crippen molar-refractivity contribution in [2.45, 2.75) is 123 Å². The van der Waals surface area contributed by atoms with E-state index in [1.54, 1.807) is 67.6 Å². The third-order valence-corrected chi connectivity index (χ3v) is 15.9. The summed E-state index contributed by atoms with van der Waals surface area (Å²) in [5, 5.41) is 63.0. The van der Waals surface area contributed by atoms with Crippen LogP contribution in [0.3, 0.4) is 0 Å². The van der Waals surface area contributed by atoms with Crippen LogP contribution in [0.15, 0.2) is 85.0 Å². The van der Waals surface area contributed by atoms with Gasteiger partial charge in [-0.15, -0.1) is 0 Å². The largest absolute Gasteiger partial charge is 0.456 e. The summed E-state index contributed by atoms with van der Waals surface area (Å²) in [5.41, 5.74) is -8.42. The molecule has 6 aliphatic heterocycles. The fourth-order valence-corrected chi connectivity index (χ4v) is 13.0. The number of allylic oxidation sites excluding steroid dienone is 2. The Labute approximate surface area is 336 Å². The van der Waals surface area contributed by atoms with Crippen molar-refractivity contribution >= 4 is 11.9 Å². The van der Waals surface area contributed by atoms with E-state index in [1.807, 2.05) is 19.1 Å². The monoisotopic (exact) mass is 800 g/mol. The lowest BCUT2D eigenvalue weighted by atomic mass is 9.49. The minimum Gasteiger partial charge on any atom is -0.456 e. The van der Waals surface area contributed by atoms with Crippen LogP contribution in [0.25, 0.3) is 0 Å². The summed E-state index contributed by atoms with van der Waals surface area (Å²) in [6.07, 6.45) is 0.831. The average molecular weight is 801 g/mol. The van der Waals surface area contributed by atoms with E-state index < -0.39 is 107 Å². The number of aliphatic hydroxyl groups is 5. The maximum atomic E-state index is 13.6. The minimum atomic E-state index is -2.20. The van der Waals surface area contributed by atoms with Crippen molar-refractivity contribution in [1.82, 2.24) is 0 Å². The molecule has 0 amide bonds. The van der Waals surface area contributed by atoms with Crippen LogP contribution in [0.2, 0.25) is 0 Å². The van der Waals surface area contributed by atoms with E-state index >= 15 is 0 Å². The first-order chi connectivity index (χ1) is 27.7. The molecular weight excluding hydrogens is 748 g/mol. The lowest BCUT2D eigenvalue weighted by Crippen LogP contribution is -2.89. The van der Waals surface area contributed by atoms with Crippen LogP contribution >= 0.6 is 0 Å². The molecule has 0 aromatic heterocycles. The van der Waals surface area contributed by atoms with Gasteiger partial charge in [0.15, 0.2) is 0 Å². The summed E-state index contributed by atoms with van der Waals surface area (Å²) < 4.78 is 39.4. The molecular formula is C45H52O13. The molecule has 18 atom stereocenters. The Morgan fingerprint density at radius 2 is 1.59 bits per heavy atom. The number of epoxide rings is 1. The Morgan fingerprint density at radius 3 is 2.31 bits per heavy atom. The van der Waals surface area contributed by atoms with Crippen molar-refractivity contribution in [3.63, 3.8) is 0 Å². The maximum Gasteiger partial charge on any atom is 0.338 e. The lowest BCUT2D eigenvalue weighted by molar-refractivity contribution is -0.595. The van der Waals surface area contributed by atoms with Gasteiger partial charge in [0.05, 0.1) is 23.4 Å². The number of carbonyl (C=O) groups excluding carboxylic acids is 2. The molecule has 4 saturated carbocycles. The van der Waals surface area contributed by atoms with Crippen LogP contribution in [0.1, 0.15) is 68.8 Å². The minimum absolute atomic E-state index is 0.0988. The van der Waals surface area contributed by atoms with Crippen molar-refractivity contribution < 1.29 is 63.5 Å². The van der Waals surface area contributed by atoms with Crippen molar-refractivity contribution in [2.75, 3.05) is 6.61 Å². The van der Waals surface area contributed by atoms with Gasteiger partial charge in [-0.05, 0) is 69.1 Å². The smallest absolute Gasteiger partial charge is 0.338 e. The Bertz CT molecular complexity index is 2020. The quantitative estimate of drug-likeness (QED) is 0.224. The predicted molar refractivity (Wildman–Crippen MR) is 202 cm³/mol. The highest BCUT2D eigenvalue weighted by atomic mass is 16.9. The molecule has 0 radical (unpaired) electrons. The molecule has 13 heteroatoms. The van der Waals surface area contributed by atoms with Crippen LogP contribution in [0.5, 0.6) is 0 Å². The van der Waals surface area contributed by atoms with Crippen molar-refractivity contribution in [3.8, 4) is 0 Å². The molecule has 4 aliphatic carbocycles. The highest BCUT2D eigenvalue weighted by Crippen LogP contribution is 2.74. The molecule has 11 bridgehead atoms. The Kier molecular flexibility index (Phi) is 8.67. The zero-order valence-electron chi connectivity index (χ0n) is 32.8. The number of rotatable bonds is 4. The van der Waals surface area contributed by atoms with Gasteiger partial charge in [-0.2, -0.15) is 0 Å². The van der Waals surface area contributed by atoms with Crippen LogP contribution in [0.4, 0.5) is 0 Å². The van der Waals surface area contributed by atoms with Gasteiger partial charge in [0.25, 0.3) is 0 Å². The van der Waals surface area contributed by atoms with Gasteiger partial charge < -0.3 is 54.0 Å². The molecule has 1 spiro atoms. The molecule has 6 heterocycles. The molecule has 58 heavy (non-hydrogen) atoms. The van der Waals surface area contributed by atoms with Gasteiger partial charge >= 0.3 is 17.9 Å². The maximum absolute atomic E-state index is 13.6. The summed E-state index contributed by atoms with van der Waals surface area (Å²) in [5.74, 6) is -6.19. The van der Waals surface area contributed by atoms with Crippen LogP contribution in [-0.4, -0.2) is 109 Å². The number of esters is 2. The third-order valence-electron chi connectivity index (χ3n) is 15.9. The Balaban J connectivity index is 1.12. The molecule has 13 nitrogen and oxygen atoms in total. The summed E-state index contributed by atoms with van der Waals surface area (Å²) >= 11 is 0. The summed E-state index contributed by atoms with van der Waals surface area (Å²) in [4.78, 5) is 27.0. The van der Waals surface area contributed by atoms with Gasteiger partial charge in [-0.3, -0.25) is 0 Å². The SMILES string of the molecule is C[C@H]1[C@@H]2CC[C@@H]1[C@H](OC(=O)c1ccccc1)/C=C\C=C\C(=O)O[C@H]1CC[C@@H]3[C@]1(O)[C@H](O)[C@@]1(CO)O[C@H]1[C@H]1[C@H]4OC5(c6ccccc6)O[C@@H]([C@@H](C)[C@@]13O5)[C@@]4(O)[C@](C)(O)C2. The summed E-state index contributed by atoms with van der Waals surface area (Å²) in [6.45, 7) is 4.83. The molecule has 1 unspecified atom stereocenters. The second-order valence-corrected chi connectivity index (χ2v) is 18.4. The average Bonchev–Trinajstić information content (AvgIpc) is 3.73. The zero-order valence-corrected chi connectivity index (χ0v) is 32.8. The second-order valence-electron chi connectivity index (χ2n) is 18.4. The molecule has 5 N–H and O–H groups in total. The molecule has 2 aromatic carbocycles. The van der Waals surface area contributed by atoms with Gasteiger partial charge in [0, 0.05) is 35.3 Å². The van der Waals surface area contributed by atoms with Crippen molar-refractivity contribution in [2.24, 2.45) is 35.5 Å². The van der Waals surface area contributed by atoms with Gasteiger partial charge in [-0.1, -0.05) is 74.5 Å². The van der Waals surface area contributed by atoms with E-state index in [4.69, 9.17) is 28.4 Å². The number of aliphatic hydroxyl groups excluding tert-OH is 2. The number of hydrogen-bond donors (Lipinski definition) is 5. The van der Waals surface area contributed by atoms with E-state index in [2.05, 4.69) is 6.92 Å². The van der Waals surface area contributed by atoms with Crippen LogP contribution in [0, 0.1) is 35.5 Å². The normalized spacial score (nSPS) is 52.2. The molecule has 12 rings (SSSR count). The van der Waals surface area contributed by atoms with E-state index in [1.165, 1.54) is 12.2 Å². The first-order valence-electron chi connectivity index (χ1n) is 20.7. The summed E-state index contributed by atoms with van der Waals surface area (Å²) in [6, 6.07) is 17.7. The lowest BCUT2D eigenvalue weighted by Gasteiger charge is -2.74. The molecule has 8 fully saturated rings. The number of fused-ring (bicyclic) bond motifs is 6. The third kappa shape index (κ3) is 4.96. The van der Waals surface area contributed by atoms with Crippen molar-refractivity contribution in [1.29, 1.82) is 0 Å². The van der Waals surface area contributed by atoms with E-state index in [-0.39, 0.29) is 37.0 Å².